The van der Waals surface area contributed by atoms with E-state index in [1.807, 2.05) is 0 Å². The second-order valence-corrected chi connectivity index (χ2v) is 4.94. The fourth-order valence-corrected chi connectivity index (χ4v) is 2.10. The highest BCUT2D eigenvalue weighted by Gasteiger charge is 2.09. The fourth-order valence-electron chi connectivity index (χ4n) is 2.10. The van der Waals surface area contributed by atoms with Crippen LogP contribution in [0.4, 0.5) is 0 Å². The lowest BCUT2D eigenvalue weighted by Crippen LogP contribution is -2.06. The van der Waals surface area contributed by atoms with Crippen LogP contribution in [0, 0.1) is 5.92 Å². The molecule has 0 aromatic rings. The fraction of sp³-hybridized carbons (Fsp3) is 0.933. The summed E-state index contributed by atoms with van der Waals surface area (Å²) in [7, 11) is 0. The van der Waals surface area contributed by atoms with Crippen molar-refractivity contribution in [3.8, 4) is 0 Å². The van der Waals surface area contributed by atoms with Crippen LogP contribution in [0.5, 0.6) is 0 Å². The summed E-state index contributed by atoms with van der Waals surface area (Å²) in [6, 6.07) is 0. The Labute approximate surface area is 102 Å². The molecule has 0 aliphatic rings. The van der Waals surface area contributed by atoms with Crippen molar-refractivity contribution in [3.05, 3.63) is 0 Å². The first-order valence-corrected chi connectivity index (χ1v) is 7.26. The van der Waals surface area contributed by atoms with E-state index in [1.54, 1.807) is 0 Å². The van der Waals surface area contributed by atoms with E-state index in [9.17, 15) is 4.79 Å². The van der Waals surface area contributed by atoms with Gasteiger partial charge in [-0.15, -0.1) is 0 Å². The van der Waals surface area contributed by atoms with Gasteiger partial charge in [-0.3, -0.25) is 4.79 Å². The van der Waals surface area contributed by atoms with Crippen molar-refractivity contribution in [2.24, 2.45) is 5.92 Å². The molecule has 0 rings (SSSR count). The van der Waals surface area contributed by atoms with Crippen LogP contribution in [0.2, 0.25) is 0 Å². The van der Waals surface area contributed by atoms with Gasteiger partial charge < -0.3 is 0 Å². The molecule has 16 heavy (non-hydrogen) atoms. The minimum Gasteiger partial charge on any atom is -0.300 e. The maximum Gasteiger partial charge on any atom is 0.133 e. The van der Waals surface area contributed by atoms with Crippen molar-refractivity contribution in [2.45, 2.75) is 85.0 Å². The summed E-state index contributed by atoms with van der Waals surface area (Å²) in [5, 5.41) is 0. The molecule has 0 aliphatic heterocycles. The average molecular weight is 226 g/mol. The SMILES string of the molecule is CCCCCCCCC(=O)CC(CC)CC. The summed E-state index contributed by atoms with van der Waals surface area (Å²) >= 11 is 0. The lowest BCUT2D eigenvalue weighted by Gasteiger charge is -2.10. The zero-order valence-electron chi connectivity index (χ0n) is 11.6. The first kappa shape index (κ1) is 15.7. The van der Waals surface area contributed by atoms with Crippen molar-refractivity contribution < 1.29 is 4.79 Å². The number of unbranched alkanes of at least 4 members (excludes halogenated alkanes) is 5. The number of hydrogen-bond donors (Lipinski definition) is 0. The molecule has 1 heteroatoms. The van der Waals surface area contributed by atoms with Crippen LogP contribution in [-0.4, -0.2) is 5.78 Å². The van der Waals surface area contributed by atoms with Crippen LogP contribution in [0.15, 0.2) is 0 Å². The molecule has 0 N–H and O–H groups in total. The molecule has 0 amide bonds. The molecule has 0 aliphatic carbocycles. The molecular weight excluding hydrogens is 196 g/mol. The van der Waals surface area contributed by atoms with Gasteiger partial charge in [-0.25, -0.2) is 0 Å². The Morgan fingerprint density at radius 1 is 0.875 bits per heavy atom. The predicted molar refractivity (Wildman–Crippen MR) is 71.7 cm³/mol. The normalized spacial score (nSPS) is 11.0. The van der Waals surface area contributed by atoms with Crippen LogP contribution in [0.1, 0.15) is 85.0 Å². The van der Waals surface area contributed by atoms with Gasteiger partial charge in [0.05, 0.1) is 0 Å². The van der Waals surface area contributed by atoms with Gasteiger partial charge in [0.2, 0.25) is 0 Å². The van der Waals surface area contributed by atoms with Gasteiger partial charge in [0.15, 0.2) is 0 Å². The molecular formula is C15H30O. The highest BCUT2D eigenvalue weighted by molar-refractivity contribution is 5.78. The van der Waals surface area contributed by atoms with E-state index >= 15 is 0 Å². The number of ketones is 1. The van der Waals surface area contributed by atoms with Crippen molar-refractivity contribution in [3.63, 3.8) is 0 Å². The Morgan fingerprint density at radius 3 is 2.00 bits per heavy atom. The first-order chi connectivity index (χ1) is 7.74. The van der Waals surface area contributed by atoms with Crippen LogP contribution in [0.3, 0.4) is 0 Å². The Balaban J connectivity index is 3.36. The van der Waals surface area contributed by atoms with Gasteiger partial charge in [-0.2, -0.15) is 0 Å². The van der Waals surface area contributed by atoms with Gasteiger partial charge in [-0.05, 0) is 12.3 Å². The monoisotopic (exact) mass is 226 g/mol. The summed E-state index contributed by atoms with van der Waals surface area (Å²) in [5.41, 5.74) is 0. The molecule has 0 aromatic carbocycles. The zero-order chi connectivity index (χ0) is 12.2. The summed E-state index contributed by atoms with van der Waals surface area (Å²) in [5.74, 6) is 1.12. The molecule has 0 bridgehead atoms. The molecule has 1 nitrogen and oxygen atoms in total. The smallest absolute Gasteiger partial charge is 0.133 e. The van der Waals surface area contributed by atoms with Crippen molar-refractivity contribution in [2.75, 3.05) is 0 Å². The van der Waals surface area contributed by atoms with Crippen molar-refractivity contribution in [1.82, 2.24) is 0 Å². The highest BCUT2D eigenvalue weighted by atomic mass is 16.1. The van der Waals surface area contributed by atoms with Gasteiger partial charge in [-0.1, -0.05) is 65.7 Å². The molecule has 96 valence electrons. The third kappa shape index (κ3) is 8.94. The van der Waals surface area contributed by atoms with Gasteiger partial charge in [0.25, 0.3) is 0 Å². The largest absolute Gasteiger partial charge is 0.300 e. The number of carbonyl (C=O) groups is 1. The second-order valence-electron chi connectivity index (χ2n) is 4.94. The van der Waals surface area contributed by atoms with Crippen LogP contribution in [-0.2, 0) is 4.79 Å². The third-order valence-electron chi connectivity index (χ3n) is 3.48. The third-order valence-corrected chi connectivity index (χ3v) is 3.48. The molecule has 0 spiro atoms. The van der Waals surface area contributed by atoms with E-state index in [1.165, 1.54) is 32.1 Å². The molecule has 0 atom stereocenters. The molecule has 0 heterocycles. The van der Waals surface area contributed by atoms with Crippen molar-refractivity contribution in [1.29, 1.82) is 0 Å². The standard InChI is InChI=1S/C15H30O/c1-4-7-8-9-10-11-12-15(16)13-14(5-2)6-3/h14H,4-13H2,1-3H3. The summed E-state index contributed by atoms with van der Waals surface area (Å²) in [6.07, 6.45) is 11.6. The Kier molecular flexibility index (Phi) is 10.9. The Hall–Kier alpha value is -0.330. The minimum atomic E-state index is 0.490. The lowest BCUT2D eigenvalue weighted by molar-refractivity contribution is -0.120. The van der Waals surface area contributed by atoms with Crippen LogP contribution >= 0.6 is 0 Å². The number of Topliss-reactive ketones (excluding diaryl/α,β-unsaturated/α-hetero) is 1. The predicted octanol–water partition coefficient (Wildman–Crippen LogP) is 5.13. The maximum atomic E-state index is 11.7. The van der Waals surface area contributed by atoms with Gasteiger partial charge in [0.1, 0.15) is 5.78 Å². The first-order valence-electron chi connectivity index (χ1n) is 7.26. The average Bonchev–Trinajstić information content (AvgIpc) is 2.30. The Bertz CT molecular complexity index is 159. The van der Waals surface area contributed by atoms with Crippen LogP contribution < -0.4 is 0 Å². The zero-order valence-corrected chi connectivity index (χ0v) is 11.6. The quantitative estimate of drug-likeness (QED) is 0.446. The van der Waals surface area contributed by atoms with Gasteiger partial charge in [0, 0.05) is 12.8 Å². The van der Waals surface area contributed by atoms with E-state index < -0.39 is 0 Å². The van der Waals surface area contributed by atoms with E-state index in [4.69, 9.17) is 0 Å². The number of rotatable bonds is 11. The molecule has 0 fully saturated rings. The van der Waals surface area contributed by atoms with E-state index in [0.29, 0.717) is 11.7 Å². The molecule has 0 aromatic heterocycles. The summed E-state index contributed by atoms with van der Waals surface area (Å²) in [4.78, 5) is 11.7. The Morgan fingerprint density at radius 2 is 1.44 bits per heavy atom. The van der Waals surface area contributed by atoms with Crippen molar-refractivity contribution >= 4 is 5.78 Å². The van der Waals surface area contributed by atoms with E-state index in [0.717, 1.165) is 32.1 Å². The number of carbonyl (C=O) groups excluding carboxylic acids is 1. The lowest BCUT2D eigenvalue weighted by atomic mass is 9.95. The maximum absolute atomic E-state index is 11.7. The molecule has 0 saturated heterocycles. The molecule has 0 saturated carbocycles. The number of hydrogen-bond acceptors (Lipinski definition) is 1. The van der Waals surface area contributed by atoms with Gasteiger partial charge >= 0.3 is 0 Å². The van der Waals surface area contributed by atoms with E-state index in [2.05, 4.69) is 20.8 Å². The highest BCUT2D eigenvalue weighted by Crippen LogP contribution is 2.15. The van der Waals surface area contributed by atoms with E-state index in [-0.39, 0.29) is 0 Å². The topological polar surface area (TPSA) is 17.1 Å². The summed E-state index contributed by atoms with van der Waals surface area (Å²) in [6.45, 7) is 6.61. The second kappa shape index (κ2) is 11.2. The molecule has 0 radical (unpaired) electrons. The summed E-state index contributed by atoms with van der Waals surface area (Å²) < 4.78 is 0. The minimum absolute atomic E-state index is 0.490. The molecule has 0 unspecified atom stereocenters. The van der Waals surface area contributed by atoms with Crippen LogP contribution in [0.25, 0.3) is 0 Å².